The highest BCUT2D eigenvalue weighted by atomic mass is 19.4. The van der Waals surface area contributed by atoms with Crippen molar-refractivity contribution in [2.75, 3.05) is 13.1 Å². The molecule has 8 heteroatoms. The molecule has 0 radical (unpaired) electrons. The zero-order chi connectivity index (χ0) is 17.0. The van der Waals surface area contributed by atoms with Crippen molar-refractivity contribution < 1.29 is 28.2 Å². The van der Waals surface area contributed by atoms with Crippen LogP contribution in [-0.2, 0) is 4.79 Å². The van der Waals surface area contributed by atoms with Gasteiger partial charge in [-0.2, -0.15) is 13.2 Å². The maximum Gasteiger partial charge on any atom is 0.414 e. The summed E-state index contributed by atoms with van der Waals surface area (Å²) in [4.78, 5) is 17.2. The number of aliphatic hydroxyl groups excluding tert-OH is 1. The molecular formula is C15H17F3N2O3. The van der Waals surface area contributed by atoms with Gasteiger partial charge in [-0.3, -0.25) is 9.78 Å². The number of aromatic nitrogens is 1. The first-order chi connectivity index (χ1) is 10.8. The lowest BCUT2D eigenvalue weighted by Crippen LogP contribution is -2.44. The first-order valence-corrected chi connectivity index (χ1v) is 7.13. The maximum atomic E-state index is 12.5. The van der Waals surface area contributed by atoms with E-state index in [0.29, 0.717) is 5.56 Å². The van der Waals surface area contributed by atoms with Crippen molar-refractivity contribution >= 4 is 12.0 Å². The van der Waals surface area contributed by atoms with Gasteiger partial charge < -0.3 is 15.1 Å². The molecule has 0 aliphatic carbocycles. The van der Waals surface area contributed by atoms with Gasteiger partial charge in [-0.15, -0.1) is 0 Å². The Kier molecular flexibility index (Phi) is 5.25. The molecule has 1 aliphatic rings. The fourth-order valence-electron chi connectivity index (χ4n) is 2.51. The third-order valence-electron chi connectivity index (χ3n) is 3.80. The minimum atomic E-state index is -4.63. The van der Waals surface area contributed by atoms with E-state index in [2.05, 4.69) is 4.98 Å². The van der Waals surface area contributed by atoms with Crippen molar-refractivity contribution in [3.05, 3.63) is 30.1 Å². The van der Waals surface area contributed by atoms with Crippen molar-refractivity contribution in [1.29, 1.82) is 0 Å². The van der Waals surface area contributed by atoms with Gasteiger partial charge in [0, 0.05) is 25.4 Å². The number of hydrogen-bond acceptors (Lipinski definition) is 4. The monoisotopic (exact) mass is 330 g/mol. The minimum absolute atomic E-state index is 0.0263. The number of nitrogens with zero attached hydrogens (tertiary/aromatic N) is 2. The van der Waals surface area contributed by atoms with Crippen LogP contribution in [0.2, 0.25) is 0 Å². The van der Waals surface area contributed by atoms with E-state index >= 15 is 0 Å². The van der Waals surface area contributed by atoms with Gasteiger partial charge in [-0.25, -0.2) is 0 Å². The summed E-state index contributed by atoms with van der Waals surface area (Å²) in [7, 11) is 0. The maximum absolute atomic E-state index is 12.5. The first kappa shape index (κ1) is 17.3. The topological polar surface area (TPSA) is 73.7 Å². The van der Waals surface area contributed by atoms with Gasteiger partial charge in [0.25, 0.3) is 0 Å². The number of alkyl halides is 3. The number of pyridine rings is 1. The molecule has 126 valence electrons. The summed E-state index contributed by atoms with van der Waals surface area (Å²) < 4.78 is 37.4. The molecule has 1 aromatic rings. The number of halogens is 3. The lowest BCUT2D eigenvalue weighted by molar-refractivity contribution is -0.222. The highest BCUT2D eigenvalue weighted by Crippen LogP contribution is 2.31. The summed E-state index contributed by atoms with van der Waals surface area (Å²) in [5.74, 6) is -1.23. The molecule has 0 aromatic carbocycles. The standard InChI is InChI=1S/C15H17F3N2O3/c16-15(17,18)14(23)11-3-5-20(6-4-11)13(22)2-1-10-7-12(21)9-19-8-10/h1-2,7-9,11,14,21,23H,3-6H2/b2-1+. The van der Waals surface area contributed by atoms with Crippen LogP contribution in [0.4, 0.5) is 13.2 Å². The Morgan fingerprint density at radius 1 is 1.35 bits per heavy atom. The van der Waals surface area contributed by atoms with Crippen LogP contribution in [0.3, 0.4) is 0 Å². The van der Waals surface area contributed by atoms with Crippen molar-refractivity contribution in [1.82, 2.24) is 9.88 Å². The lowest BCUT2D eigenvalue weighted by atomic mass is 9.91. The number of carbonyl (C=O) groups is 1. The molecule has 2 heterocycles. The minimum Gasteiger partial charge on any atom is -0.506 e. The summed E-state index contributed by atoms with van der Waals surface area (Å²) in [6.45, 7) is 0.332. The fourth-order valence-corrected chi connectivity index (χ4v) is 2.51. The van der Waals surface area contributed by atoms with Crippen LogP contribution in [0.1, 0.15) is 18.4 Å². The Bertz CT molecular complexity index is 582. The molecule has 0 bridgehead atoms. The highest BCUT2D eigenvalue weighted by Gasteiger charge is 2.44. The fraction of sp³-hybridized carbons (Fsp3) is 0.467. The third kappa shape index (κ3) is 4.69. The van der Waals surface area contributed by atoms with E-state index in [4.69, 9.17) is 0 Å². The van der Waals surface area contributed by atoms with Crippen LogP contribution in [0.5, 0.6) is 5.75 Å². The van der Waals surface area contributed by atoms with E-state index < -0.39 is 18.2 Å². The van der Waals surface area contributed by atoms with Gasteiger partial charge in [0.15, 0.2) is 6.10 Å². The molecule has 0 spiro atoms. The van der Waals surface area contributed by atoms with E-state index in [9.17, 15) is 28.2 Å². The molecule has 1 unspecified atom stereocenters. The number of rotatable bonds is 3. The van der Waals surface area contributed by atoms with Gasteiger partial charge in [0.2, 0.25) is 5.91 Å². The molecule has 1 saturated heterocycles. The molecule has 2 N–H and O–H groups in total. The van der Waals surface area contributed by atoms with E-state index in [1.165, 1.54) is 35.5 Å². The molecule has 1 aliphatic heterocycles. The summed E-state index contributed by atoms with van der Waals surface area (Å²) >= 11 is 0. The molecule has 0 saturated carbocycles. The smallest absolute Gasteiger partial charge is 0.414 e. The summed E-state index contributed by atoms with van der Waals surface area (Å²) in [6.07, 6.45) is -1.26. The van der Waals surface area contributed by atoms with Crippen molar-refractivity contribution in [3.63, 3.8) is 0 Å². The zero-order valence-corrected chi connectivity index (χ0v) is 12.2. The number of amides is 1. The van der Waals surface area contributed by atoms with Gasteiger partial charge in [-0.1, -0.05) is 0 Å². The summed E-state index contributed by atoms with van der Waals surface area (Å²) in [5.41, 5.74) is 0.542. The van der Waals surface area contributed by atoms with Gasteiger partial charge in [0.05, 0.1) is 6.20 Å². The third-order valence-corrected chi connectivity index (χ3v) is 3.80. The number of likely N-dealkylation sites (tertiary alicyclic amines) is 1. The molecule has 1 amide bonds. The van der Waals surface area contributed by atoms with Crippen LogP contribution >= 0.6 is 0 Å². The second-order valence-corrected chi connectivity index (χ2v) is 5.46. The van der Waals surface area contributed by atoms with E-state index in [1.54, 1.807) is 0 Å². The Morgan fingerprint density at radius 2 is 2.00 bits per heavy atom. The Labute approximate surface area is 131 Å². The zero-order valence-electron chi connectivity index (χ0n) is 12.2. The molecular weight excluding hydrogens is 313 g/mol. The summed E-state index contributed by atoms with van der Waals surface area (Å²) in [6, 6.07) is 1.43. The number of hydrogen-bond donors (Lipinski definition) is 2. The van der Waals surface area contributed by atoms with Crippen LogP contribution in [0.25, 0.3) is 6.08 Å². The number of piperidine rings is 1. The lowest BCUT2D eigenvalue weighted by Gasteiger charge is -2.34. The van der Waals surface area contributed by atoms with Gasteiger partial charge >= 0.3 is 6.18 Å². The molecule has 2 rings (SSSR count). The largest absolute Gasteiger partial charge is 0.506 e. The van der Waals surface area contributed by atoms with E-state index in [1.807, 2.05) is 0 Å². The van der Waals surface area contributed by atoms with Crippen molar-refractivity contribution in [2.45, 2.75) is 25.1 Å². The average molecular weight is 330 g/mol. The molecule has 1 atom stereocenters. The van der Waals surface area contributed by atoms with Gasteiger partial charge in [-0.05, 0) is 36.5 Å². The molecule has 1 fully saturated rings. The number of aromatic hydroxyl groups is 1. The van der Waals surface area contributed by atoms with Crippen molar-refractivity contribution in [2.24, 2.45) is 5.92 Å². The van der Waals surface area contributed by atoms with Gasteiger partial charge in [0.1, 0.15) is 5.75 Å². The Morgan fingerprint density at radius 3 is 2.57 bits per heavy atom. The van der Waals surface area contributed by atoms with Crippen LogP contribution in [-0.4, -0.2) is 51.4 Å². The van der Waals surface area contributed by atoms with Crippen LogP contribution in [0.15, 0.2) is 24.5 Å². The molecule has 23 heavy (non-hydrogen) atoms. The number of aliphatic hydroxyl groups is 1. The molecule has 1 aromatic heterocycles. The highest BCUT2D eigenvalue weighted by molar-refractivity contribution is 5.91. The average Bonchev–Trinajstić information content (AvgIpc) is 2.51. The predicted octanol–water partition coefficient (Wildman–Crippen LogP) is 1.96. The van der Waals surface area contributed by atoms with E-state index in [-0.39, 0.29) is 37.6 Å². The quantitative estimate of drug-likeness (QED) is 0.831. The van der Waals surface area contributed by atoms with Crippen LogP contribution < -0.4 is 0 Å². The predicted molar refractivity (Wildman–Crippen MR) is 76.3 cm³/mol. The second kappa shape index (κ2) is 6.99. The molecule has 5 nitrogen and oxygen atoms in total. The Balaban J connectivity index is 1.89. The van der Waals surface area contributed by atoms with E-state index in [0.717, 1.165) is 0 Å². The SMILES string of the molecule is O=C(/C=C/c1cncc(O)c1)N1CCC(C(O)C(F)(F)F)CC1. The summed E-state index contributed by atoms with van der Waals surface area (Å²) in [5, 5.41) is 18.5. The van der Waals surface area contributed by atoms with Crippen LogP contribution in [0, 0.1) is 5.92 Å². The first-order valence-electron chi connectivity index (χ1n) is 7.13. The van der Waals surface area contributed by atoms with Crippen molar-refractivity contribution in [3.8, 4) is 5.75 Å². The normalized spacial score (nSPS) is 18.3. The number of carbonyl (C=O) groups excluding carboxylic acids is 1. The second-order valence-electron chi connectivity index (χ2n) is 5.46. The Hall–Kier alpha value is -2.09.